The summed E-state index contributed by atoms with van der Waals surface area (Å²) in [6.45, 7) is 2.77. The van der Waals surface area contributed by atoms with Crippen molar-refractivity contribution in [3.8, 4) is 0 Å². The Morgan fingerprint density at radius 3 is 2.60 bits per heavy atom. The Morgan fingerprint density at radius 2 is 2.13 bits per heavy atom. The van der Waals surface area contributed by atoms with E-state index in [-0.39, 0.29) is 19.6 Å². The van der Waals surface area contributed by atoms with Crippen molar-refractivity contribution in [2.45, 2.75) is 18.9 Å². The van der Waals surface area contributed by atoms with E-state index in [1.807, 2.05) is 6.92 Å². The molecular weight excluding hydrogens is 220 g/mol. The van der Waals surface area contributed by atoms with Gasteiger partial charge in [-0.1, -0.05) is 6.92 Å². The van der Waals surface area contributed by atoms with Gasteiger partial charge in [0, 0.05) is 26.7 Å². The molecule has 2 N–H and O–H groups in total. The van der Waals surface area contributed by atoms with Gasteiger partial charge in [0.25, 0.3) is 10.2 Å². The second kappa shape index (κ2) is 4.75. The molecule has 7 heteroatoms. The standard InChI is InChI=1S/C8H18N2O4S/c1-3-8(11)6-10(7-8)15(12,13)9-4-5-14-2/h9,11H,3-7H2,1-2H3. The summed E-state index contributed by atoms with van der Waals surface area (Å²) in [6.07, 6.45) is 0.567. The number of hydrogen-bond acceptors (Lipinski definition) is 4. The van der Waals surface area contributed by atoms with Crippen LogP contribution >= 0.6 is 0 Å². The van der Waals surface area contributed by atoms with Crippen LogP contribution < -0.4 is 4.72 Å². The van der Waals surface area contributed by atoms with Crippen LogP contribution in [0.3, 0.4) is 0 Å². The highest BCUT2D eigenvalue weighted by atomic mass is 32.2. The highest BCUT2D eigenvalue weighted by molar-refractivity contribution is 7.87. The molecule has 0 amide bonds. The summed E-state index contributed by atoms with van der Waals surface area (Å²) in [5.41, 5.74) is -0.837. The van der Waals surface area contributed by atoms with E-state index in [9.17, 15) is 13.5 Å². The van der Waals surface area contributed by atoms with Crippen LogP contribution in [0.2, 0.25) is 0 Å². The van der Waals surface area contributed by atoms with Crippen molar-refractivity contribution >= 4 is 10.2 Å². The minimum absolute atomic E-state index is 0.172. The maximum absolute atomic E-state index is 11.5. The van der Waals surface area contributed by atoms with Gasteiger partial charge in [0.2, 0.25) is 0 Å². The van der Waals surface area contributed by atoms with E-state index in [4.69, 9.17) is 4.74 Å². The van der Waals surface area contributed by atoms with Crippen molar-refractivity contribution in [2.75, 3.05) is 33.4 Å². The second-order valence-corrected chi connectivity index (χ2v) is 5.49. The van der Waals surface area contributed by atoms with Gasteiger partial charge < -0.3 is 9.84 Å². The van der Waals surface area contributed by atoms with E-state index < -0.39 is 15.8 Å². The Kier molecular flexibility index (Phi) is 4.07. The topological polar surface area (TPSA) is 78.9 Å². The number of aliphatic hydroxyl groups is 1. The Balaban J connectivity index is 2.38. The van der Waals surface area contributed by atoms with Crippen LogP contribution in [0.1, 0.15) is 13.3 Å². The first-order valence-corrected chi connectivity index (χ1v) is 6.33. The summed E-state index contributed by atoms with van der Waals surface area (Å²) in [7, 11) is -1.93. The van der Waals surface area contributed by atoms with Crippen molar-refractivity contribution in [2.24, 2.45) is 0 Å². The van der Waals surface area contributed by atoms with Gasteiger partial charge >= 0.3 is 0 Å². The van der Waals surface area contributed by atoms with Gasteiger partial charge in [-0.3, -0.25) is 0 Å². The summed E-state index contributed by atoms with van der Waals surface area (Å²) in [4.78, 5) is 0. The third kappa shape index (κ3) is 3.12. The number of ether oxygens (including phenoxy) is 1. The molecule has 0 spiro atoms. The van der Waals surface area contributed by atoms with Gasteiger partial charge in [0.1, 0.15) is 0 Å². The average molecular weight is 238 g/mol. The van der Waals surface area contributed by atoms with Gasteiger partial charge in [-0.15, -0.1) is 0 Å². The Labute approximate surface area is 90.4 Å². The third-order valence-electron chi connectivity index (χ3n) is 2.53. The molecular formula is C8H18N2O4S. The summed E-state index contributed by atoms with van der Waals surface area (Å²) in [5, 5.41) is 9.67. The van der Waals surface area contributed by atoms with Crippen LogP contribution in [0.5, 0.6) is 0 Å². The monoisotopic (exact) mass is 238 g/mol. The number of hydrogen-bond donors (Lipinski definition) is 2. The largest absolute Gasteiger partial charge is 0.387 e. The molecule has 0 bridgehead atoms. The fourth-order valence-electron chi connectivity index (χ4n) is 1.37. The first kappa shape index (κ1) is 12.9. The molecule has 1 aliphatic rings. The predicted molar refractivity (Wildman–Crippen MR) is 55.6 cm³/mol. The minimum atomic E-state index is -3.43. The molecule has 1 saturated heterocycles. The van der Waals surface area contributed by atoms with Gasteiger partial charge in [-0.2, -0.15) is 17.4 Å². The SMILES string of the molecule is CCC1(O)CN(S(=O)(=O)NCCOC)C1. The second-order valence-electron chi connectivity index (χ2n) is 3.74. The number of methoxy groups -OCH3 is 1. The first-order chi connectivity index (χ1) is 6.93. The normalized spacial score (nSPS) is 21.3. The van der Waals surface area contributed by atoms with Gasteiger partial charge in [0.05, 0.1) is 12.2 Å². The Bertz CT molecular complexity index is 298. The molecule has 0 unspecified atom stereocenters. The average Bonchev–Trinajstić information content (AvgIpc) is 2.13. The molecule has 0 aromatic carbocycles. The van der Waals surface area contributed by atoms with E-state index in [1.54, 1.807) is 0 Å². The van der Waals surface area contributed by atoms with Crippen LogP contribution in [0.15, 0.2) is 0 Å². The van der Waals surface area contributed by atoms with Gasteiger partial charge in [0.15, 0.2) is 0 Å². The Morgan fingerprint density at radius 1 is 1.53 bits per heavy atom. The van der Waals surface area contributed by atoms with Crippen LogP contribution in [-0.4, -0.2) is 56.8 Å². The molecule has 6 nitrogen and oxygen atoms in total. The molecule has 0 aromatic rings. The number of β-amino-alcohol motifs (C(OH)–C–C–N with tert-alkyl or cyclic N) is 1. The smallest absolute Gasteiger partial charge is 0.279 e. The van der Waals surface area contributed by atoms with E-state index >= 15 is 0 Å². The van der Waals surface area contributed by atoms with E-state index in [0.717, 1.165) is 0 Å². The predicted octanol–water partition coefficient (Wildman–Crippen LogP) is -1.08. The van der Waals surface area contributed by atoms with Crippen molar-refractivity contribution in [3.05, 3.63) is 0 Å². The Hall–Kier alpha value is -0.210. The highest BCUT2D eigenvalue weighted by Crippen LogP contribution is 2.25. The zero-order valence-corrected chi connectivity index (χ0v) is 9.88. The van der Waals surface area contributed by atoms with E-state index in [2.05, 4.69) is 4.72 Å². The van der Waals surface area contributed by atoms with Crippen molar-refractivity contribution < 1.29 is 18.3 Å². The molecule has 0 radical (unpaired) electrons. The molecule has 0 aromatic heterocycles. The third-order valence-corrected chi connectivity index (χ3v) is 4.04. The molecule has 15 heavy (non-hydrogen) atoms. The van der Waals surface area contributed by atoms with Crippen molar-refractivity contribution in [3.63, 3.8) is 0 Å². The van der Waals surface area contributed by atoms with Crippen molar-refractivity contribution in [1.29, 1.82) is 0 Å². The quantitative estimate of drug-likeness (QED) is 0.577. The zero-order chi connectivity index (χ0) is 11.5. The zero-order valence-electron chi connectivity index (χ0n) is 9.06. The molecule has 90 valence electrons. The maximum Gasteiger partial charge on any atom is 0.279 e. The summed E-state index contributed by atoms with van der Waals surface area (Å²) in [5.74, 6) is 0. The summed E-state index contributed by atoms with van der Waals surface area (Å²) in [6, 6.07) is 0. The molecule has 1 rings (SSSR count). The molecule has 0 atom stereocenters. The lowest BCUT2D eigenvalue weighted by Crippen LogP contribution is -2.65. The maximum atomic E-state index is 11.5. The number of nitrogens with zero attached hydrogens (tertiary/aromatic N) is 1. The summed E-state index contributed by atoms with van der Waals surface area (Å²) >= 11 is 0. The molecule has 1 heterocycles. The lowest BCUT2D eigenvalue weighted by molar-refractivity contribution is -0.0618. The first-order valence-electron chi connectivity index (χ1n) is 4.89. The fraction of sp³-hybridized carbons (Fsp3) is 1.00. The van der Waals surface area contributed by atoms with Crippen molar-refractivity contribution in [1.82, 2.24) is 9.03 Å². The van der Waals surface area contributed by atoms with Crippen LogP contribution in [0.25, 0.3) is 0 Å². The summed E-state index contributed by atoms with van der Waals surface area (Å²) < 4.78 is 31.4. The minimum Gasteiger partial charge on any atom is -0.387 e. The molecule has 0 saturated carbocycles. The van der Waals surface area contributed by atoms with Gasteiger partial charge in [-0.25, -0.2) is 0 Å². The molecule has 0 aliphatic carbocycles. The molecule has 1 aliphatic heterocycles. The lowest BCUT2D eigenvalue weighted by Gasteiger charge is -2.44. The number of nitrogens with one attached hydrogen (secondary N) is 1. The van der Waals surface area contributed by atoms with Crippen LogP contribution in [0, 0.1) is 0 Å². The number of rotatable bonds is 6. The van der Waals surface area contributed by atoms with Crippen LogP contribution in [-0.2, 0) is 14.9 Å². The fourth-order valence-corrected chi connectivity index (χ4v) is 2.71. The molecule has 1 fully saturated rings. The van der Waals surface area contributed by atoms with Gasteiger partial charge in [-0.05, 0) is 6.42 Å². The van der Waals surface area contributed by atoms with Crippen LogP contribution in [0.4, 0.5) is 0 Å². The van der Waals surface area contributed by atoms with E-state index in [1.165, 1.54) is 11.4 Å². The highest BCUT2D eigenvalue weighted by Gasteiger charge is 2.45. The lowest BCUT2D eigenvalue weighted by atomic mass is 9.94. The van der Waals surface area contributed by atoms with E-state index in [0.29, 0.717) is 13.0 Å².